The Kier molecular flexibility index (Phi) is 3.23. The van der Waals surface area contributed by atoms with Crippen LogP contribution < -0.4 is 0 Å². The second-order valence-electron chi connectivity index (χ2n) is 2.53. The first-order valence-corrected chi connectivity index (χ1v) is 4.46. The predicted molar refractivity (Wildman–Crippen MR) is 51.7 cm³/mol. The fraction of sp³-hybridized carbons (Fsp3) is 0.111. The van der Waals surface area contributed by atoms with Gasteiger partial charge in [-0.15, -0.1) is 0 Å². The Morgan fingerprint density at radius 2 is 2.21 bits per heavy atom. The van der Waals surface area contributed by atoms with Crippen LogP contribution in [0.5, 0.6) is 0 Å². The van der Waals surface area contributed by atoms with Crippen molar-refractivity contribution in [1.29, 1.82) is 5.26 Å². The van der Waals surface area contributed by atoms with Gasteiger partial charge in [-0.25, -0.2) is 4.79 Å². The van der Waals surface area contributed by atoms with Crippen molar-refractivity contribution >= 4 is 21.9 Å². The van der Waals surface area contributed by atoms with Crippen molar-refractivity contribution in [3.05, 3.63) is 33.3 Å². The summed E-state index contributed by atoms with van der Waals surface area (Å²) < 4.78 is 0.332. The van der Waals surface area contributed by atoms with Gasteiger partial charge >= 0.3 is 5.97 Å². The lowest BCUT2D eigenvalue weighted by molar-refractivity contribution is 0.0695. The highest BCUT2D eigenvalue weighted by Crippen LogP contribution is 2.23. The molecule has 0 bridgehead atoms. The van der Waals surface area contributed by atoms with Crippen LogP contribution in [0.1, 0.15) is 21.5 Å². The number of carbonyl (C=O) groups is 1. The van der Waals surface area contributed by atoms with E-state index in [4.69, 9.17) is 15.5 Å². The van der Waals surface area contributed by atoms with Gasteiger partial charge < -0.3 is 10.2 Å². The van der Waals surface area contributed by atoms with Crippen molar-refractivity contribution in [2.24, 2.45) is 0 Å². The van der Waals surface area contributed by atoms with E-state index >= 15 is 0 Å². The van der Waals surface area contributed by atoms with Gasteiger partial charge in [-0.3, -0.25) is 0 Å². The molecule has 72 valence electrons. The zero-order valence-corrected chi connectivity index (χ0v) is 8.58. The molecule has 0 amide bonds. The summed E-state index contributed by atoms with van der Waals surface area (Å²) in [5.74, 6) is -1.19. The number of aromatic carboxylic acids is 1. The third-order valence-electron chi connectivity index (χ3n) is 1.74. The number of benzene rings is 1. The number of nitrogens with zero attached hydrogens (tertiary/aromatic N) is 1. The summed E-state index contributed by atoms with van der Waals surface area (Å²) in [5.41, 5.74) is 0.196. The predicted octanol–water partition coefficient (Wildman–Crippen LogP) is 1.51. The molecule has 0 fully saturated rings. The fourth-order valence-corrected chi connectivity index (χ4v) is 1.59. The van der Waals surface area contributed by atoms with E-state index in [1.165, 1.54) is 12.1 Å². The van der Waals surface area contributed by atoms with Gasteiger partial charge in [0, 0.05) is 4.47 Å². The third-order valence-corrected chi connectivity index (χ3v) is 2.40. The zero-order valence-electron chi connectivity index (χ0n) is 6.99. The minimum Gasteiger partial charge on any atom is -0.478 e. The number of carboxylic acid groups (broad SMARTS) is 1. The maximum absolute atomic E-state index is 10.8. The van der Waals surface area contributed by atoms with E-state index in [2.05, 4.69) is 15.9 Å². The van der Waals surface area contributed by atoms with Crippen molar-refractivity contribution in [1.82, 2.24) is 0 Å². The highest BCUT2D eigenvalue weighted by Gasteiger charge is 2.17. The number of aliphatic hydroxyl groups excluding tert-OH is 1. The molecular formula is C9H6BrNO3. The van der Waals surface area contributed by atoms with Gasteiger partial charge in [-0.2, -0.15) is 5.26 Å². The maximum Gasteiger partial charge on any atom is 0.338 e. The topological polar surface area (TPSA) is 81.3 Å². The molecule has 0 atom stereocenters. The van der Waals surface area contributed by atoms with E-state index in [0.29, 0.717) is 10.0 Å². The Bertz CT molecular complexity index is 423. The standard InChI is InChI=1S/C9H6BrNO3/c10-7-2-1-5(4-12)6(3-11)8(7)9(13)14/h1-2,12H,4H2,(H,13,14). The zero-order chi connectivity index (χ0) is 10.7. The van der Waals surface area contributed by atoms with Crippen LogP contribution in [0, 0.1) is 11.3 Å². The SMILES string of the molecule is N#Cc1c(CO)ccc(Br)c1C(=O)O. The molecule has 0 aliphatic heterocycles. The van der Waals surface area contributed by atoms with Crippen molar-refractivity contribution in [2.75, 3.05) is 0 Å². The van der Waals surface area contributed by atoms with Gasteiger partial charge in [-0.1, -0.05) is 6.07 Å². The number of aliphatic hydroxyl groups is 1. The van der Waals surface area contributed by atoms with Gasteiger partial charge in [0.1, 0.15) is 6.07 Å². The second kappa shape index (κ2) is 4.22. The lowest BCUT2D eigenvalue weighted by atomic mass is 10.0. The fourth-order valence-electron chi connectivity index (χ4n) is 1.09. The van der Waals surface area contributed by atoms with E-state index in [9.17, 15) is 4.79 Å². The molecule has 14 heavy (non-hydrogen) atoms. The smallest absolute Gasteiger partial charge is 0.338 e. The summed E-state index contributed by atoms with van der Waals surface area (Å²) in [6.45, 7) is -0.351. The van der Waals surface area contributed by atoms with E-state index < -0.39 is 5.97 Å². The molecule has 1 aromatic rings. The minimum absolute atomic E-state index is 0.00521. The number of hydrogen-bond acceptors (Lipinski definition) is 3. The summed E-state index contributed by atoms with van der Waals surface area (Å²) in [4.78, 5) is 10.8. The Labute approximate surface area is 88.5 Å². The van der Waals surface area contributed by atoms with Gasteiger partial charge in [0.15, 0.2) is 0 Å². The van der Waals surface area contributed by atoms with Crippen LogP contribution in [-0.2, 0) is 6.61 Å². The van der Waals surface area contributed by atoms with Crippen molar-refractivity contribution in [3.8, 4) is 6.07 Å². The summed E-state index contributed by atoms with van der Waals surface area (Å²) in [6, 6.07) is 4.77. The quantitative estimate of drug-likeness (QED) is 0.840. The Hall–Kier alpha value is -1.38. The molecule has 2 N–H and O–H groups in total. The van der Waals surface area contributed by atoms with E-state index in [0.717, 1.165) is 0 Å². The van der Waals surface area contributed by atoms with Crippen molar-refractivity contribution < 1.29 is 15.0 Å². The van der Waals surface area contributed by atoms with E-state index in [1.807, 2.05) is 0 Å². The average Bonchev–Trinajstić information content (AvgIpc) is 2.16. The molecular weight excluding hydrogens is 250 g/mol. The van der Waals surface area contributed by atoms with Crippen LogP contribution in [-0.4, -0.2) is 16.2 Å². The Balaban J connectivity index is 3.53. The first-order chi connectivity index (χ1) is 6.61. The molecule has 1 rings (SSSR count). The third kappa shape index (κ3) is 1.76. The molecule has 0 aliphatic carbocycles. The number of rotatable bonds is 2. The van der Waals surface area contributed by atoms with Crippen LogP contribution in [0.3, 0.4) is 0 Å². The van der Waals surface area contributed by atoms with Crippen molar-refractivity contribution in [3.63, 3.8) is 0 Å². The highest BCUT2D eigenvalue weighted by molar-refractivity contribution is 9.10. The van der Waals surface area contributed by atoms with Crippen LogP contribution in [0.25, 0.3) is 0 Å². The largest absolute Gasteiger partial charge is 0.478 e. The van der Waals surface area contributed by atoms with Gasteiger partial charge in [0.25, 0.3) is 0 Å². The van der Waals surface area contributed by atoms with Crippen LogP contribution in [0.2, 0.25) is 0 Å². The summed E-state index contributed by atoms with van der Waals surface area (Å²) >= 11 is 3.04. The molecule has 0 radical (unpaired) electrons. The van der Waals surface area contributed by atoms with Gasteiger partial charge in [-0.05, 0) is 27.6 Å². The number of hydrogen-bond donors (Lipinski definition) is 2. The number of carboxylic acids is 1. The van der Waals surface area contributed by atoms with Crippen molar-refractivity contribution in [2.45, 2.75) is 6.61 Å². The lowest BCUT2D eigenvalue weighted by Gasteiger charge is -2.05. The lowest BCUT2D eigenvalue weighted by Crippen LogP contribution is -2.04. The van der Waals surface area contributed by atoms with Gasteiger partial charge in [0.05, 0.1) is 17.7 Å². The Morgan fingerprint density at radius 1 is 1.57 bits per heavy atom. The van der Waals surface area contributed by atoms with E-state index in [1.54, 1.807) is 6.07 Å². The average molecular weight is 256 g/mol. The monoisotopic (exact) mass is 255 g/mol. The molecule has 0 aliphatic rings. The van der Waals surface area contributed by atoms with Crippen LogP contribution in [0.4, 0.5) is 0 Å². The first-order valence-electron chi connectivity index (χ1n) is 3.67. The highest BCUT2D eigenvalue weighted by atomic mass is 79.9. The molecule has 5 heteroatoms. The molecule has 0 saturated carbocycles. The number of halogens is 1. The maximum atomic E-state index is 10.8. The molecule has 1 aromatic carbocycles. The number of nitriles is 1. The summed E-state index contributed by atoms with van der Waals surface area (Å²) in [7, 11) is 0. The van der Waals surface area contributed by atoms with Crippen LogP contribution >= 0.6 is 15.9 Å². The molecule has 4 nitrogen and oxygen atoms in total. The molecule has 0 unspecified atom stereocenters. The van der Waals surface area contributed by atoms with Gasteiger partial charge in [0.2, 0.25) is 0 Å². The summed E-state index contributed by atoms with van der Waals surface area (Å²) in [6.07, 6.45) is 0. The summed E-state index contributed by atoms with van der Waals surface area (Å²) in [5, 5.41) is 26.5. The van der Waals surface area contributed by atoms with Crippen LogP contribution in [0.15, 0.2) is 16.6 Å². The Morgan fingerprint density at radius 3 is 2.64 bits per heavy atom. The molecule has 0 spiro atoms. The molecule has 0 aromatic heterocycles. The molecule has 0 saturated heterocycles. The molecule has 0 heterocycles. The first kappa shape index (κ1) is 10.7. The normalized spacial score (nSPS) is 9.50. The minimum atomic E-state index is -1.19. The van der Waals surface area contributed by atoms with E-state index in [-0.39, 0.29) is 17.7 Å². The second-order valence-corrected chi connectivity index (χ2v) is 3.39.